The smallest absolute Gasteiger partial charge is 0.264 e. The molecule has 0 radical (unpaired) electrons. The van der Waals surface area contributed by atoms with Crippen molar-refractivity contribution in [1.82, 2.24) is 0 Å². The molecule has 0 saturated carbocycles. The number of carbonyl (C=O) groups is 1. The van der Waals surface area contributed by atoms with Crippen LogP contribution < -0.4 is 10.0 Å². The minimum absolute atomic E-state index is 0.110. The first-order valence-electron chi connectivity index (χ1n) is 6.44. The number of nitrogens with zero attached hydrogens (tertiary/aromatic N) is 1. The van der Waals surface area contributed by atoms with Crippen molar-refractivity contribution in [1.29, 1.82) is 0 Å². The Kier molecular flexibility index (Phi) is 4.87. The number of primary amides is 1. The highest BCUT2D eigenvalue weighted by molar-refractivity contribution is 9.10. The zero-order valence-corrected chi connectivity index (χ0v) is 14.3. The van der Waals surface area contributed by atoms with Crippen molar-refractivity contribution in [3.8, 4) is 0 Å². The fraction of sp³-hybridized carbons (Fsp3) is 0.133. The molecule has 0 fully saturated rings. The maximum Gasteiger partial charge on any atom is 0.264 e. The number of halogens is 1. The van der Waals surface area contributed by atoms with Crippen LogP contribution in [0.25, 0.3) is 0 Å². The van der Waals surface area contributed by atoms with Gasteiger partial charge >= 0.3 is 0 Å². The van der Waals surface area contributed by atoms with Crippen LogP contribution in [0.4, 0.5) is 5.69 Å². The molecule has 0 aromatic heterocycles. The summed E-state index contributed by atoms with van der Waals surface area (Å²) in [4.78, 5) is 11.4. The van der Waals surface area contributed by atoms with Crippen molar-refractivity contribution >= 4 is 37.5 Å². The highest BCUT2D eigenvalue weighted by Crippen LogP contribution is 2.26. The van der Waals surface area contributed by atoms with E-state index in [2.05, 4.69) is 15.9 Å². The fourth-order valence-electron chi connectivity index (χ4n) is 1.93. The maximum atomic E-state index is 12.8. The molecule has 0 bridgehead atoms. The van der Waals surface area contributed by atoms with E-state index in [4.69, 9.17) is 5.73 Å². The monoisotopic (exact) mass is 382 g/mol. The van der Waals surface area contributed by atoms with Crippen LogP contribution in [0.1, 0.15) is 5.56 Å². The van der Waals surface area contributed by atoms with E-state index < -0.39 is 22.5 Å². The van der Waals surface area contributed by atoms with Gasteiger partial charge < -0.3 is 5.73 Å². The summed E-state index contributed by atoms with van der Waals surface area (Å²) in [6.07, 6.45) is 0. The zero-order chi connectivity index (χ0) is 16.3. The van der Waals surface area contributed by atoms with Crippen molar-refractivity contribution in [2.75, 3.05) is 10.8 Å². The van der Waals surface area contributed by atoms with E-state index in [-0.39, 0.29) is 4.90 Å². The summed E-state index contributed by atoms with van der Waals surface area (Å²) >= 11 is 3.29. The number of rotatable bonds is 5. The number of aryl methyl sites for hydroxylation is 1. The molecular formula is C15H15BrN2O3S. The third-order valence-electron chi connectivity index (χ3n) is 3.00. The Bertz CT molecular complexity index is 789. The first-order valence-corrected chi connectivity index (χ1v) is 8.67. The molecule has 0 aliphatic carbocycles. The number of amides is 1. The SMILES string of the molecule is Cc1ccc(S(=O)(=O)N(CC(N)=O)c2cccc(Br)c2)cc1. The van der Waals surface area contributed by atoms with E-state index in [1.54, 1.807) is 36.4 Å². The van der Waals surface area contributed by atoms with E-state index in [1.165, 1.54) is 12.1 Å². The number of benzene rings is 2. The van der Waals surface area contributed by atoms with Gasteiger partial charge in [0.05, 0.1) is 10.6 Å². The van der Waals surface area contributed by atoms with Gasteiger partial charge in [0.2, 0.25) is 5.91 Å². The lowest BCUT2D eigenvalue weighted by Crippen LogP contribution is -2.38. The van der Waals surface area contributed by atoms with Gasteiger partial charge in [-0.2, -0.15) is 0 Å². The number of carbonyl (C=O) groups excluding carboxylic acids is 1. The van der Waals surface area contributed by atoms with Crippen LogP contribution in [0, 0.1) is 6.92 Å². The van der Waals surface area contributed by atoms with Crippen molar-refractivity contribution in [3.63, 3.8) is 0 Å². The summed E-state index contributed by atoms with van der Waals surface area (Å²) in [6.45, 7) is 1.44. The highest BCUT2D eigenvalue weighted by Gasteiger charge is 2.26. The van der Waals surface area contributed by atoms with Crippen LogP contribution in [0.5, 0.6) is 0 Å². The lowest BCUT2D eigenvalue weighted by atomic mass is 10.2. The van der Waals surface area contributed by atoms with Crippen LogP contribution in [-0.2, 0) is 14.8 Å². The molecule has 0 aliphatic rings. The quantitative estimate of drug-likeness (QED) is 0.861. The first kappa shape index (κ1) is 16.5. The van der Waals surface area contributed by atoms with Crippen LogP contribution in [0.15, 0.2) is 57.9 Å². The topological polar surface area (TPSA) is 80.5 Å². The van der Waals surface area contributed by atoms with Crippen LogP contribution in [-0.4, -0.2) is 20.9 Å². The van der Waals surface area contributed by atoms with Gasteiger partial charge in [0.25, 0.3) is 10.0 Å². The van der Waals surface area contributed by atoms with Gasteiger partial charge in [-0.05, 0) is 37.3 Å². The molecule has 0 aliphatic heterocycles. The van der Waals surface area contributed by atoms with Gasteiger partial charge in [0.1, 0.15) is 6.54 Å². The molecule has 0 heterocycles. The predicted octanol–water partition coefficient (Wildman–Crippen LogP) is 2.44. The van der Waals surface area contributed by atoms with E-state index in [9.17, 15) is 13.2 Å². The molecule has 0 spiro atoms. The summed E-state index contributed by atoms with van der Waals surface area (Å²) in [6, 6.07) is 13.1. The van der Waals surface area contributed by atoms with Gasteiger partial charge in [-0.25, -0.2) is 8.42 Å². The normalized spacial score (nSPS) is 11.2. The molecule has 2 N–H and O–H groups in total. The van der Waals surface area contributed by atoms with Crippen LogP contribution >= 0.6 is 15.9 Å². The number of sulfonamides is 1. The van der Waals surface area contributed by atoms with E-state index in [1.807, 2.05) is 6.92 Å². The summed E-state index contributed by atoms with van der Waals surface area (Å²) < 4.78 is 27.3. The summed E-state index contributed by atoms with van der Waals surface area (Å²) in [7, 11) is -3.87. The third-order valence-corrected chi connectivity index (χ3v) is 5.29. The predicted molar refractivity (Wildman–Crippen MR) is 89.0 cm³/mol. The minimum Gasteiger partial charge on any atom is -0.368 e. The minimum atomic E-state index is -3.87. The average molecular weight is 383 g/mol. The van der Waals surface area contributed by atoms with Crippen LogP contribution in [0.2, 0.25) is 0 Å². The number of nitrogens with two attached hydrogens (primary N) is 1. The molecule has 1 amide bonds. The second-order valence-corrected chi connectivity index (χ2v) is 7.55. The summed E-state index contributed by atoms with van der Waals surface area (Å²) in [5.41, 5.74) is 6.53. The van der Waals surface area contributed by atoms with Crippen LogP contribution in [0.3, 0.4) is 0 Å². The molecule has 7 heteroatoms. The Hall–Kier alpha value is -1.86. The summed E-state index contributed by atoms with van der Waals surface area (Å²) in [5, 5.41) is 0. The second kappa shape index (κ2) is 6.50. The molecule has 22 heavy (non-hydrogen) atoms. The third kappa shape index (κ3) is 3.66. The first-order chi connectivity index (χ1) is 10.3. The number of anilines is 1. The molecule has 5 nitrogen and oxygen atoms in total. The summed E-state index contributed by atoms with van der Waals surface area (Å²) in [5.74, 6) is -0.726. The largest absolute Gasteiger partial charge is 0.368 e. The maximum absolute atomic E-state index is 12.8. The Labute approximate surface area is 137 Å². The lowest BCUT2D eigenvalue weighted by molar-refractivity contribution is -0.116. The zero-order valence-electron chi connectivity index (χ0n) is 11.9. The molecule has 0 saturated heterocycles. The molecule has 2 aromatic rings. The van der Waals surface area contributed by atoms with E-state index in [0.29, 0.717) is 10.2 Å². The molecule has 2 rings (SSSR count). The molecule has 116 valence electrons. The Morgan fingerprint density at radius 1 is 1.18 bits per heavy atom. The van der Waals surface area contributed by atoms with Gasteiger partial charge in [-0.1, -0.05) is 39.7 Å². The lowest BCUT2D eigenvalue weighted by Gasteiger charge is -2.23. The van der Waals surface area contributed by atoms with E-state index in [0.717, 1.165) is 9.87 Å². The fourth-order valence-corrected chi connectivity index (χ4v) is 3.74. The van der Waals surface area contributed by atoms with Crippen molar-refractivity contribution in [2.24, 2.45) is 5.73 Å². The molecule has 0 atom stereocenters. The Balaban J connectivity index is 2.53. The van der Waals surface area contributed by atoms with Gasteiger partial charge in [-0.3, -0.25) is 9.10 Å². The number of hydrogen-bond donors (Lipinski definition) is 1. The van der Waals surface area contributed by atoms with Crippen molar-refractivity contribution in [3.05, 3.63) is 58.6 Å². The Morgan fingerprint density at radius 3 is 2.36 bits per heavy atom. The molecular weight excluding hydrogens is 368 g/mol. The molecule has 0 unspecified atom stereocenters. The van der Waals surface area contributed by atoms with Gasteiger partial charge in [0, 0.05) is 4.47 Å². The van der Waals surface area contributed by atoms with E-state index >= 15 is 0 Å². The average Bonchev–Trinajstić information content (AvgIpc) is 2.45. The second-order valence-electron chi connectivity index (χ2n) is 4.77. The van der Waals surface area contributed by atoms with Crippen molar-refractivity contribution < 1.29 is 13.2 Å². The number of hydrogen-bond acceptors (Lipinski definition) is 3. The highest BCUT2D eigenvalue weighted by atomic mass is 79.9. The van der Waals surface area contributed by atoms with Crippen molar-refractivity contribution in [2.45, 2.75) is 11.8 Å². The molecule has 2 aromatic carbocycles. The van der Waals surface area contributed by atoms with Gasteiger partial charge in [0.15, 0.2) is 0 Å². The Morgan fingerprint density at radius 2 is 1.82 bits per heavy atom. The standard InChI is InChI=1S/C15H15BrN2O3S/c1-11-5-7-14(8-6-11)22(20,21)18(10-15(17)19)13-4-2-3-12(16)9-13/h2-9H,10H2,1H3,(H2,17,19). The van der Waals surface area contributed by atoms with Gasteiger partial charge in [-0.15, -0.1) is 0 Å².